The van der Waals surface area contributed by atoms with Crippen LogP contribution in [0.3, 0.4) is 0 Å². The zero-order chi connectivity index (χ0) is 17.8. The maximum atomic E-state index is 12.2. The molecule has 1 aliphatic heterocycles. The first kappa shape index (κ1) is 17.2. The fourth-order valence-corrected chi connectivity index (χ4v) is 2.89. The van der Waals surface area contributed by atoms with Crippen LogP contribution in [0.4, 0.5) is 16.4 Å². The van der Waals surface area contributed by atoms with Crippen molar-refractivity contribution in [3.63, 3.8) is 0 Å². The molecule has 0 aliphatic carbocycles. The molecular weight excluding hydrogens is 318 g/mol. The molecule has 0 bridgehead atoms. The molecule has 8 heteroatoms. The predicted octanol–water partition coefficient (Wildman–Crippen LogP) is 2.35. The van der Waals surface area contributed by atoms with E-state index in [0.29, 0.717) is 5.82 Å². The van der Waals surface area contributed by atoms with Gasteiger partial charge in [-0.1, -0.05) is 0 Å². The van der Waals surface area contributed by atoms with Gasteiger partial charge in [0.25, 0.3) is 0 Å². The lowest BCUT2D eigenvalue weighted by atomic mass is 10.1. The van der Waals surface area contributed by atoms with Crippen LogP contribution in [-0.4, -0.2) is 45.1 Å². The van der Waals surface area contributed by atoms with Gasteiger partial charge >= 0.3 is 6.03 Å². The van der Waals surface area contributed by atoms with Crippen LogP contribution in [0.1, 0.15) is 38.4 Å². The molecule has 8 nitrogen and oxygen atoms in total. The topological polar surface area (TPSA) is 88.0 Å². The summed E-state index contributed by atoms with van der Waals surface area (Å²) in [6, 6.07) is 5.84. The number of carbonyl (C=O) groups is 1. The molecule has 0 unspecified atom stereocenters. The highest BCUT2D eigenvalue weighted by Crippen LogP contribution is 2.17. The lowest BCUT2D eigenvalue weighted by Crippen LogP contribution is -2.49. The number of carbonyl (C=O) groups excluding carboxylic acids is 1. The Kier molecular flexibility index (Phi) is 5.16. The van der Waals surface area contributed by atoms with Crippen molar-refractivity contribution in [1.82, 2.24) is 25.3 Å². The van der Waals surface area contributed by atoms with Crippen LogP contribution in [-0.2, 0) is 0 Å². The van der Waals surface area contributed by atoms with Crippen LogP contribution >= 0.6 is 0 Å². The largest absolute Gasteiger partial charge is 0.353 e. The molecule has 2 N–H and O–H groups in total. The molecular formula is C17H25N7O. The van der Waals surface area contributed by atoms with E-state index >= 15 is 0 Å². The van der Waals surface area contributed by atoms with Crippen molar-refractivity contribution in [2.24, 2.45) is 0 Å². The third kappa shape index (κ3) is 4.46. The van der Waals surface area contributed by atoms with Gasteiger partial charge in [0.05, 0.1) is 5.69 Å². The lowest BCUT2D eigenvalue weighted by molar-refractivity contribution is 0.246. The van der Waals surface area contributed by atoms with E-state index in [1.165, 1.54) is 0 Å². The second-order valence-electron chi connectivity index (χ2n) is 6.69. The van der Waals surface area contributed by atoms with Gasteiger partial charge in [-0.3, -0.25) is 10.00 Å². The van der Waals surface area contributed by atoms with Crippen molar-refractivity contribution < 1.29 is 4.79 Å². The SMILES string of the molecule is Cc1ccc(N2CCC[C@H](NC(=O)Nc3ccn(C(C)C)n3)C2)nn1. The molecule has 1 aliphatic rings. The molecule has 0 radical (unpaired) electrons. The zero-order valence-corrected chi connectivity index (χ0v) is 14.9. The second-order valence-corrected chi connectivity index (χ2v) is 6.69. The molecule has 2 aromatic heterocycles. The number of anilines is 2. The van der Waals surface area contributed by atoms with Gasteiger partial charge in [-0.25, -0.2) is 4.79 Å². The Morgan fingerprint density at radius 2 is 2.12 bits per heavy atom. The van der Waals surface area contributed by atoms with E-state index in [9.17, 15) is 4.79 Å². The molecule has 3 heterocycles. The summed E-state index contributed by atoms with van der Waals surface area (Å²) in [5.41, 5.74) is 0.899. The first-order valence-electron chi connectivity index (χ1n) is 8.69. The van der Waals surface area contributed by atoms with Gasteiger partial charge in [0.1, 0.15) is 0 Å². The van der Waals surface area contributed by atoms with Crippen LogP contribution in [0.2, 0.25) is 0 Å². The monoisotopic (exact) mass is 343 g/mol. The Morgan fingerprint density at radius 3 is 2.80 bits per heavy atom. The minimum absolute atomic E-state index is 0.0732. The molecule has 25 heavy (non-hydrogen) atoms. The Labute approximate surface area is 147 Å². The Hall–Kier alpha value is -2.64. The third-order valence-corrected chi connectivity index (χ3v) is 4.24. The quantitative estimate of drug-likeness (QED) is 0.890. The molecule has 1 saturated heterocycles. The molecule has 1 atom stereocenters. The third-order valence-electron chi connectivity index (χ3n) is 4.24. The smallest absolute Gasteiger partial charge is 0.320 e. The van der Waals surface area contributed by atoms with Gasteiger partial charge in [0.2, 0.25) is 0 Å². The van der Waals surface area contributed by atoms with Gasteiger partial charge in [0.15, 0.2) is 11.6 Å². The number of urea groups is 1. The van der Waals surface area contributed by atoms with E-state index in [0.717, 1.165) is 37.4 Å². The molecule has 1 fully saturated rings. The van der Waals surface area contributed by atoms with E-state index < -0.39 is 0 Å². The highest BCUT2D eigenvalue weighted by molar-refractivity contribution is 5.88. The van der Waals surface area contributed by atoms with Gasteiger partial charge in [0, 0.05) is 37.4 Å². The molecule has 2 aromatic rings. The molecule has 2 amide bonds. The highest BCUT2D eigenvalue weighted by Gasteiger charge is 2.22. The fraction of sp³-hybridized carbons (Fsp3) is 0.529. The van der Waals surface area contributed by atoms with Crippen LogP contribution < -0.4 is 15.5 Å². The molecule has 134 valence electrons. The maximum Gasteiger partial charge on any atom is 0.320 e. The summed E-state index contributed by atoms with van der Waals surface area (Å²) >= 11 is 0. The molecule has 3 rings (SSSR count). The number of aryl methyl sites for hydroxylation is 1. The number of nitrogens with zero attached hydrogens (tertiary/aromatic N) is 5. The van der Waals surface area contributed by atoms with E-state index in [4.69, 9.17) is 0 Å². The Bertz CT molecular complexity index is 710. The summed E-state index contributed by atoms with van der Waals surface area (Å²) in [6.45, 7) is 7.66. The number of rotatable bonds is 4. The van der Waals surface area contributed by atoms with Crippen molar-refractivity contribution in [3.05, 3.63) is 30.1 Å². The Balaban J connectivity index is 1.54. The minimum atomic E-state index is -0.226. The number of piperidine rings is 1. The summed E-state index contributed by atoms with van der Waals surface area (Å²) in [6.07, 6.45) is 3.81. The van der Waals surface area contributed by atoms with Crippen molar-refractivity contribution >= 4 is 17.7 Å². The summed E-state index contributed by atoms with van der Waals surface area (Å²) in [4.78, 5) is 14.4. The van der Waals surface area contributed by atoms with Crippen molar-refractivity contribution in [1.29, 1.82) is 0 Å². The van der Waals surface area contributed by atoms with Crippen LogP contribution in [0, 0.1) is 6.92 Å². The Morgan fingerprint density at radius 1 is 1.28 bits per heavy atom. The predicted molar refractivity (Wildman–Crippen MR) is 96.8 cm³/mol. The van der Waals surface area contributed by atoms with E-state index in [2.05, 4.69) is 30.8 Å². The number of nitrogens with one attached hydrogen (secondary N) is 2. The van der Waals surface area contributed by atoms with E-state index in [-0.39, 0.29) is 18.1 Å². The normalized spacial score (nSPS) is 17.6. The van der Waals surface area contributed by atoms with Gasteiger partial charge in [-0.05, 0) is 45.7 Å². The molecule has 0 spiro atoms. The van der Waals surface area contributed by atoms with Crippen molar-refractivity contribution in [3.8, 4) is 0 Å². The fourth-order valence-electron chi connectivity index (χ4n) is 2.89. The van der Waals surface area contributed by atoms with E-state index in [1.807, 2.05) is 43.8 Å². The van der Waals surface area contributed by atoms with Gasteiger partial charge in [-0.2, -0.15) is 10.2 Å². The lowest BCUT2D eigenvalue weighted by Gasteiger charge is -2.33. The van der Waals surface area contributed by atoms with Crippen LogP contribution in [0.15, 0.2) is 24.4 Å². The van der Waals surface area contributed by atoms with Gasteiger partial charge < -0.3 is 10.2 Å². The zero-order valence-electron chi connectivity index (χ0n) is 14.9. The average molecular weight is 343 g/mol. The first-order valence-corrected chi connectivity index (χ1v) is 8.69. The standard InChI is InChI=1S/C17H25N7O/c1-12(2)24-10-8-15(22-24)19-17(25)18-14-5-4-9-23(11-14)16-7-6-13(3)20-21-16/h6-8,10,12,14H,4-5,9,11H2,1-3H3,(H2,18,19,22,25)/t14-/m0/s1. The van der Waals surface area contributed by atoms with Crippen molar-refractivity contribution in [2.75, 3.05) is 23.3 Å². The van der Waals surface area contributed by atoms with E-state index in [1.54, 1.807) is 6.07 Å². The highest BCUT2D eigenvalue weighted by atomic mass is 16.2. The summed E-state index contributed by atoms with van der Waals surface area (Å²) in [7, 11) is 0. The summed E-state index contributed by atoms with van der Waals surface area (Å²) in [5.74, 6) is 1.41. The number of amides is 2. The van der Waals surface area contributed by atoms with Crippen LogP contribution in [0.25, 0.3) is 0 Å². The van der Waals surface area contributed by atoms with Gasteiger partial charge in [-0.15, -0.1) is 5.10 Å². The summed E-state index contributed by atoms with van der Waals surface area (Å²) in [5, 5.41) is 18.5. The number of hydrogen-bond acceptors (Lipinski definition) is 5. The van der Waals surface area contributed by atoms with Crippen LogP contribution in [0.5, 0.6) is 0 Å². The first-order chi connectivity index (χ1) is 12.0. The summed E-state index contributed by atoms with van der Waals surface area (Å²) < 4.78 is 1.81. The molecule has 0 saturated carbocycles. The van der Waals surface area contributed by atoms with Crippen molar-refractivity contribution in [2.45, 2.75) is 45.7 Å². The number of aromatic nitrogens is 4. The molecule has 0 aromatic carbocycles. The minimum Gasteiger partial charge on any atom is -0.353 e. The maximum absolute atomic E-state index is 12.2. The average Bonchev–Trinajstić information content (AvgIpc) is 3.04. The second kappa shape index (κ2) is 7.50. The number of hydrogen-bond donors (Lipinski definition) is 2.